The van der Waals surface area contributed by atoms with Crippen molar-refractivity contribution in [2.24, 2.45) is 0 Å². The highest BCUT2D eigenvalue weighted by Crippen LogP contribution is 2.40. The highest BCUT2D eigenvalue weighted by atomic mass is 16.6. The van der Waals surface area contributed by atoms with E-state index in [4.69, 9.17) is 23.7 Å². The van der Waals surface area contributed by atoms with Gasteiger partial charge in [-0.2, -0.15) is 0 Å². The fourth-order valence-corrected chi connectivity index (χ4v) is 4.59. The predicted molar refractivity (Wildman–Crippen MR) is 153 cm³/mol. The molecule has 0 saturated carbocycles. The molecule has 0 radical (unpaired) electrons. The van der Waals surface area contributed by atoms with Crippen LogP contribution >= 0.6 is 0 Å². The summed E-state index contributed by atoms with van der Waals surface area (Å²) in [7, 11) is 0. The standard InChI is InChI=1S/C33H40O7/c1-4-36-30(32(35)38-6-3)25-39-29(31(34)37-5-2)23-16-24-40-33(26-17-10-7-11-18-26,27-19-12-8-13-20-27)28-21-14-9-15-22-28/h7-15,17-22,29-30H,4-6,16,23-25H2,1-3H3. The zero-order chi connectivity index (χ0) is 28.6. The lowest BCUT2D eigenvalue weighted by molar-refractivity contribution is -0.170. The molecule has 0 amide bonds. The Balaban J connectivity index is 1.80. The second-order valence-corrected chi connectivity index (χ2v) is 9.04. The van der Waals surface area contributed by atoms with E-state index >= 15 is 0 Å². The summed E-state index contributed by atoms with van der Waals surface area (Å²) in [5, 5.41) is 0. The summed E-state index contributed by atoms with van der Waals surface area (Å²) in [6.07, 6.45) is -0.939. The van der Waals surface area contributed by atoms with Crippen molar-refractivity contribution < 1.29 is 33.3 Å². The van der Waals surface area contributed by atoms with Gasteiger partial charge in [0.25, 0.3) is 0 Å². The molecule has 0 aliphatic carbocycles. The van der Waals surface area contributed by atoms with Gasteiger partial charge in [-0.3, -0.25) is 0 Å². The molecule has 3 rings (SSSR count). The monoisotopic (exact) mass is 548 g/mol. The van der Waals surface area contributed by atoms with E-state index in [-0.39, 0.29) is 19.8 Å². The van der Waals surface area contributed by atoms with Crippen molar-refractivity contribution in [3.63, 3.8) is 0 Å². The third-order valence-corrected chi connectivity index (χ3v) is 6.39. The minimum absolute atomic E-state index is 0.112. The van der Waals surface area contributed by atoms with Gasteiger partial charge in [-0.1, -0.05) is 91.0 Å². The number of carbonyl (C=O) groups is 2. The fourth-order valence-electron chi connectivity index (χ4n) is 4.59. The summed E-state index contributed by atoms with van der Waals surface area (Å²) in [6, 6.07) is 30.3. The van der Waals surface area contributed by atoms with Gasteiger partial charge in [-0.05, 0) is 50.3 Å². The first-order valence-corrected chi connectivity index (χ1v) is 13.9. The molecule has 2 atom stereocenters. The molecule has 3 aromatic rings. The van der Waals surface area contributed by atoms with Gasteiger partial charge in [0.05, 0.1) is 19.8 Å². The van der Waals surface area contributed by atoms with Crippen molar-refractivity contribution in [3.8, 4) is 0 Å². The van der Waals surface area contributed by atoms with E-state index in [1.165, 1.54) is 0 Å². The van der Waals surface area contributed by atoms with E-state index in [9.17, 15) is 9.59 Å². The van der Waals surface area contributed by atoms with Crippen LogP contribution in [0.25, 0.3) is 0 Å². The minimum atomic E-state index is -0.917. The molecule has 0 bridgehead atoms. The molecule has 0 N–H and O–H groups in total. The third kappa shape index (κ3) is 8.24. The molecular formula is C33H40O7. The van der Waals surface area contributed by atoms with Crippen LogP contribution in [0.1, 0.15) is 50.3 Å². The lowest BCUT2D eigenvalue weighted by Gasteiger charge is -2.36. The summed E-state index contributed by atoms with van der Waals surface area (Å²) in [5.74, 6) is -1.00. The van der Waals surface area contributed by atoms with Gasteiger partial charge in [0, 0.05) is 13.2 Å². The second kappa shape index (κ2) is 16.6. The Labute approximate surface area is 237 Å². The topological polar surface area (TPSA) is 80.3 Å². The number of rotatable bonds is 17. The molecular weight excluding hydrogens is 508 g/mol. The van der Waals surface area contributed by atoms with Crippen molar-refractivity contribution in [2.75, 3.05) is 33.0 Å². The maximum absolute atomic E-state index is 12.7. The number of hydrogen-bond donors (Lipinski definition) is 0. The van der Waals surface area contributed by atoms with Crippen LogP contribution in [0.5, 0.6) is 0 Å². The molecule has 0 aliphatic heterocycles. The first-order valence-electron chi connectivity index (χ1n) is 13.9. The van der Waals surface area contributed by atoms with Crippen LogP contribution in [-0.4, -0.2) is 57.2 Å². The molecule has 0 fully saturated rings. The average molecular weight is 549 g/mol. The van der Waals surface area contributed by atoms with E-state index in [1.54, 1.807) is 20.8 Å². The maximum atomic E-state index is 12.7. The Kier molecular flexibility index (Phi) is 12.8. The first-order chi connectivity index (χ1) is 19.6. The molecule has 0 heterocycles. The van der Waals surface area contributed by atoms with E-state index in [1.807, 2.05) is 54.6 Å². The van der Waals surface area contributed by atoms with Gasteiger partial charge in [0.15, 0.2) is 12.2 Å². The Morgan fingerprint density at radius 1 is 0.625 bits per heavy atom. The van der Waals surface area contributed by atoms with Gasteiger partial charge in [-0.15, -0.1) is 0 Å². The largest absolute Gasteiger partial charge is 0.464 e. The minimum Gasteiger partial charge on any atom is -0.464 e. The van der Waals surface area contributed by atoms with Crippen molar-refractivity contribution in [3.05, 3.63) is 108 Å². The van der Waals surface area contributed by atoms with Crippen LogP contribution in [0.15, 0.2) is 91.0 Å². The van der Waals surface area contributed by atoms with Gasteiger partial charge in [-0.25, -0.2) is 9.59 Å². The Morgan fingerprint density at radius 2 is 1.07 bits per heavy atom. The molecule has 0 aliphatic rings. The number of ether oxygens (including phenoxy) is 5. The smallest absolute Gasteiger partial charge is 0.337 e. The van der Waals surface area contributed by atoms with Crippen LogP contribution < -0.4 is 0 Å². The Hall–Kier alpha value is -3.52. The summed E-state index contributed by atoms with van der Waals surface area (Å²) in [5.41, 5.74) is 2.15. The van der Waals surface area contributed by atoms with Gasteiger partial charge in [0.1, 0.15) is 5.60 Å². The molecule has 0 aromatic heterocycles. The van der Waals surface area contributed by atoms with Gasteiger partial charge < -0.3 is 23.7 Å². The molecule has 7 heteroatoms. The predicted octanol–water partition coefficient (Wildman–Crippen LogP) is 5.69. The molecule has 7 nitrogen and oxygen atoms in total. The lowest BCUT2D eigenvalue weighted by atomic mass is 9.80. The van der Waals surface area contributed by atoms with Crippen LogP contribution in [-0.2, 0) is 38.9 Å². The van der Waals surface area contributed by atoms with E-state index < -0.39 is 29.7 Å². The van der Waals surface area contributed by atoms with Crippen LogP contribution in [0.3, 0.4) is 0 Å². The van der Waals surface area contributed by atoms with Gasteiger partial charge in [0.2, 0.25) is 0 Å². The van der Waals surface area contributed by atoms with Crippen LogP contribution in [0, 0.1) is 0 Å². The molecule has 3 aromatic carbocycles. The van der Waals surface area contributed by atoms with Crippen molar-refractivity contribution in [1.29, 1.82) is 0 Å². The third-order valence-electron chi connectivity index (χ3n) is 6.39. The highest BCUT2D eigenvalue weighted by Gasteiger charge is 2.37. The van der Waals surface area contributed by atoms with E-state index in [0.717, 1.165) is 16.7 Å². The van der Waals surface area contributed by atoms with Crippen LogP contribution in [0.4, 0.5) is 0 Å². The lowest BCUT2D eigenvalue weighted by Crippen LogP contribution is -2.36. The summed E-state index contributed by atoms with van der Waals surface area (Å²) in [4.78, 5) is 25.0. The fraction of sp³-hybridized carbons (Fsp3) is 0.394. The van der Waals surface area contributed by atoms with Crippen molar-refractivity contribution in [1.82, 2.24) is 0 Å². The number of carbonyl (C=O) groups excluding carboxylic acids is 2. The van der Waals surface area contributed by atoms with Crippen LogP contribution in [0.2, 0.25) is 0 Å². The molecule has 2 unspecified atom stereocenters. The van der Waals surface area contributed by atoms with E-state index in [0.29, 0.717) is 26.1 Å². The van der Waals surface area contributed by atoms with Gasteiger partial charge >= 0.3 is 11.9 Å². The summed E-state index contributed by atoms with van der Waals surface area (Å²) in [6.45, 7) is 6.24. The number of benzene rings is 3. The quantitative estimate of drug-likeness (QED) is 0.122. The maximum Gasteiger partial charge on any atom is 0.337 e. The zero-order valence-electron chi connectivity index (χ0n) is 23.6. The molecule has 214 valence electrons. The van der Waals surface area contributed by atoms with Crippen molar-refractivity contribution in [2.45, 2.75) is 51.4 Å². The Morgan fingerprint density at radius 3 is 1.50 bits per heavy atom. The van der Waals surface area contributed by atoms with Crippen molar-refractivity contribution >= 4 is 11.9 Å². The SMILES string of the molecule is CCOC(=O)C(CCCOC(c1ccccc1)(c1ccccc1)c1ccccc1)OCC(OCC)C(=O)OCC. The Bertz CT molecular complexity index is 1040. The number of esters is 2. The molecule has 0 spiro atoms. The summed E-state index contributed by atoms with van der Waals surface area (Å²) >= 11 is 0. The molecule has 0 saturated heterocycles. The zero-order valence-corrected chi connectivity index (χ0v) is 23.6. The average Bonchev–Trinajstić information content (AvgIpc) is 2.99. The number of hydrogen-bond acceptors (Lipinski definition) is 7. The normalized spacial score (nSPS) is 12.9. The molecule has 40 heavy (non-hydrogen) atoms. The second-order valence-electron chi connectivity index (χ2n) is 9.04. The highest BCUT2D eigenvalue weighted by molar-refractivity contribution is 5.76. The summed E-state index contributed by atoms with van der Waals surface area (Å²) < 4.78 is 28.5. The first kappa shape index (κ1) is 31.0. The van der Waals surface area contributed by atoms with E-state index in [2.05, 4.69) is 36.4 Å².